The Morgan fingerprint density at radius 1 is 1.71 bits per heavy atom. The second-order valence-electron chi connectivity index (χ2n) is 3.14. The summed E-state index contributed by atoms with van der Waals surface area (Å²) in [6.07, 6.45) is 1.61. The number of aryl methyl sites for hydroxylation is 1. The van der Waals surface area contributed by atoms with Gasteiger partial charge in [-0.25, -0.2) is 13.8 Å². The SMILES string of the molecule is C=C(C)C(F)(F)CSc1ncc(C)[nH]1. The first-order valence-corrected chi connectivity index (χ1v) is 5.08. The minimum Gasteiger partial charge on any atom is -0.337 e. The Bertz CT molecular complexity index is 333. The number of imidazole rings is 1. The first-order chi connectivity index (χ1) is 6.42. The van der Waals surface area contributed by atoms with E-state index in [9.17, 15) is 8.78 Å². The average molecular weight is 218 g/mol. The molecule has 1 N–H and O–H groups in total. The van der Waals surface area contributed by atoms with E-state index in [4.69, 9.17) is 0 Å². The van der Waals surface area contributed by atoms with Gasteiger partial charge in [-0.05, 0) is 19.4 Å². The number of alkyl halides is 2. The summed E-state index contributed by atoms with van der Waals surface area (Å²) in [5.41, 5.74) is 0.749. The first kappa shape index (κ1) is 11.2. The van der Waals surface area contributed by atoms with Crippen molar-refractivity contribution in [1.29, 1.82) is 0 Å². The van der Waals surface area contributed by atoms with E-state index < -0.39 is 5.92 Å². The zero-order valence-electron chi connectivity index (χ0n) is 8.10. The number of H-pyrrole nitrogens is 1. The number of halogens is 2. The Balaban J connectivity index is 2.52. The molecule has 0 aromatic carbocycles. The van der Waals surface area contributed by atoms with Gasteiger partial charge in [-0.1, -0.05) is 18.3 Å². The molecule has 14 heavy (non-hydrogen) atoms. The van der Waals surface area contributed by atoms with E-state index in [0.717, 1.165) is 17.5 Å². The van der Waals surface area contributed by atoms with Crippen molar-refractivity contribution in [2.45, 2.75) is 24.9 Å². The molecule has 0 amide bonds. The summed E-state index contributed by atoms with van der Waals surface area (Å²) >= 11 is 0.999. The van der Waals surface area contributed by atoms with E-state index >= 15 is 0 Å². The summed E-state index contributed by atoms with van der Waals surface area (Å²) in [7, 11) is 0. The number of aromatic nitrogens is 2. The number of hydrogen-bond acceptors (Lipinski definition) is 2. The first-order valence-electron chi connectivity index (χ1n) is 4.10. The molecule has 0 unspecified atom stereocenters. The molecular formula is C9H12F2N2S. The number of nitrogens with one attached hydrogen (secondary N) is 1. The van der Waals surface area contributed by atoms with Gasteiger partial charge in [-0.15, -0.1) is 0 Å². The molecule has 5 heteroatoms. The van der Waals surface area contributed by atoms with Crippen molar-refractivity contribution in [3.05, 3.63) is 24.0 Å². The van der Waals surface area contributed by atoms with Crippen molar-refractivity contribution in [3.63, 3.8) is 0 Å². The molecule has 0 saturated carbocycles. The number of aromatic amines is 1. The van der Waals surface area contributed by atoms with E-state index in [1.165, 1.54) is 6.92 Å². The smallest absolute Gasteiger partial charge is 0.278 e. The maximum Gasteiger partial charge on any atom is 0.278 e. The van der Waals surface area contributed by atoms with Crippen LogP contribution in [0.2, 0.25) is 0 Å². The van der Waals surface area contributed by atoms with E-state index in [-0.39, 0.29) is 11.3 Å². The lowest BCUT2D eigenvalue weighted by Crippen LogP contribution is -2.20. The molecule has 0 aliphatic rings. The number of rotatable bonds is 4. The topological polar surface area (TPSA) is 28.7 Å². The molecule has 0 aliphatic carbocycles. The maximum absolute atomic E-state index is 13.1. The third kappa shape index (κ3) is 2.83. The molecule has 0 atom stereocenters. The molecule has 1 rings (SSSR count). The Morgan fingerprint density at radius 2 is 2.36 bits per heavy atom. The van der Waals surface area contributed by atoms with Gasteiger partial charge in [0.25, 0.3) is 5.92 Å². The molecule has 1 aromatic rings. The molecule has 0 radical (unpaired) electrons. The Hall–Kier alpha value is -0.840. The fourth-order valence-electron chi connectivity index (χ4n) is 0.744. The highest BCUT2D eigenvalue weighted by Gasteiger charge is 2.30. The van der Waals surface area contributed by atoms with Crippen LogP contribution in [0.25, 0.3) is 0 Å². The monoisotopic (exact) mass is 218 g/mol. The zero-order chi connectivity index (χ0) is 10.8. The average Bonchev–Trinajstić information content (AvgIpc) is 2.48. The molecule has 0 fully saturated rings. The van der Waals surface area contributed by atoms with Crippen LogP contribution < -0.4 is 0 Å². The zero-order valence-corrected chi connectivity index (χ0v) is 8.92. The van der Waals surface area contributed by atoms with Crippen molar-refractivity contribution in [2.75, 3.05) is 5.75 Å². The fourth-order valence-corrected chi connectivity index (χ4v) is 1.67. The minimum atomic E-state index is -2.83. The van der Waals surface area contributed by atoms with Crippen LogP contribution >= 0.6 is 11.8 Å². The molecule has 78 valence electrons. The standard InChI is InChI=1S/C9H12F2N2S/c1-6(2)9(10,11)5-14-8-12-4-7(3)13-8/h4H,1,5H2,2-3H3,(H,12,13). The van der Waals surface area contributed by atoms with Crippen LogP contribution in [0.15, 0.2) is 23.5 Å². The van der Waals surface area contributed by atoms with Crippen molar-refractivity contribution in [3.8, 4) is 0 Å². The van der Waals surface area contributed by atoms with Crippen molar-refractivity contribution in [1.82, 2.24) is 9.97 Å². The van der Waals surface area contributed by atoms with E-state index in [1.54, 1.807) is 6.20 Å². The third-order valence-electron chi connectivity index (χ3n) is 1.69. The van der Waals surface area contributed by atoms with Crippen molar-refractivity contribution >= 4 is 11.8 Å². The third-order valence-corrected chi connectivity index (χ3v) is 2.68. The molecule has 1 heterocycles. The van der Waals surface area contributed by atoms with Gasteiger partial charge in [0, 0.05) is 11.9 Å². The Morgan fingerprint density at radius 3 is 2.79 bits per heavy atom. The predicted octanol–water partition coefficient (Wildman–Crippen LogP) is 3.02. The summed E-state index contributed by atoms with van der Waals surface area (Å²) < 4.78 is 26.2. The van der Waals surface area contributed by atoms with Gasteiger partial charge in [0.1, 0.15) is 0 Å². The van der Waals surface area contributed by atoms with Crippen molar-refractivity contribution < 1.29 is 8.78 Å². The van der Waals surface area contributed by atoms with Gasteiger partial charge >= 0.3 is 0 Å². The van der Waals surface area contributed by atoms with Gasteiger partial charge in [0.05, 0.1) is 5.75 Å². The molecular weight excluding hydrogens is 206 g/mol. The van der Waals surface area contributed by atoms with Crippen LogP contribution in [-0.2, 0) is 0 Å². The summed E-state index contributed by atoms with van der Waals surface area (Å²) in [5.74, 6) is -3.15. The quantitative estimate of drug-likeness (QED) is 0.621. The number of allylic oxidation sites excluding steroid dienone is 1. The lowest BCUT2D eigenvalue weighted by molar-refractivity contribution is 0.0695. The molecule has 0 saturated heterocycles. The Labute approximate surface area is 85.8 Å². The molecule has 0 bridgehead atoms. The van der Waals surface area contributed by atoms with Gasteiger partial charge in [0.2, 0.25) is 0 Å². The van der Waals surface area contributed by atoms with Crippen LogP contribution in [0.4, 0.5) is 8.78 Å². The molecule has 2 nitrogen and oxygen atoms in total. The predicted molar refractivity (Wildman–Crippen MR) is 53.8 cm³/mol. The normalized spacial score (nSPS) is 11.7. The van der Waals surface area contributed by atoms with E-state index in [1.807, 2.05) is 6.92 Å². The second kappa shape index (κ2) is 4.13. The highest BCUT2D eigenvalue weighted by molar-refractivity contribution is 7.99. The van der Waals surface area contributed by atoms with Crippen LogP contribution in [0.1, 0.15) is 12.6 Å². The van der Waals surface area contributed by atoms with Crippen LogP contribution in [0, 0.1) is 6.92 Å². The molecule has 0 spiro atoms. The van der Waals surface area contributed by atoms with Gasteiger partial charge in [-0.2, -0.15) is 0 Å². The lowest BCUT2D eigenvalue weighted by atomic mass is 10.2. The van der Waals surface area contributed by atoms with Gasteiger partial charge < -0.3 is 4.98 Å². The van der Waals surface area contributed by atoms with Crippen LogP contribution in [-0.4, -0.2) is 21.6 Å². The van der Waals surface area contributed by atoms with Crippen molar-refractivity contribution in [2.24, 2.45) is 0 Å². The summed E-state index contributed by atoms with van der Waals surface area (Å²) in [4.78, 5) is 6.80. The minimum absolute atomic E-state index is 0.117. The number of thioether (sulfide) groups is 1. The molecule has 0 aliphatic heterocycles. The van der Waals surface area contributed by atoms with Gasteiger partial charge in [0.15, 0.2) is 5.16 Å². The fraction of sp³-hybridized carbons (Fsp3) is 0.444. The van der Waals surface area contributed by atoms with E-state index in [0.29, 0.717) is 5.16 Å². The number of nitrogens with zero attached hydrogens (tertiary/aromatic N) is 1. The van der Waals surface area contributed by atoms with Gasteiger partial charge in [-0.3, -0.25) is 0 Å². The maximum atomic E-state index is 13.1. The second-order valence-corrected chi connectivity index (χ2v) is 4.11. The van der Waals surface area contributed by atoms with Crippen LogP contribution in [0.5, 0.6) is 0 Å². The summed E-state index contributed by atoms with van der Waals surface area (Å²) in [5, 5.41) is 0.517. The largest absolute Gasteiger partial charge is 0.337 e. The summed E-state index contributed by atoms with van der Waals surface area (Å²) in [6.45, 7) is 6.41. The Kier molecular flexibility index (Phi) is 3.31. The van der Waals surface area contributed by atoms with E-state index in [2.05, 4.69) is 16.5 Å². The molecule has 1 aromatic heterocycles. The highest BCUT2D eigenvalue weighted by Crippen LogP contribution is 2.29. The number of hydrogen-bond donors (Lipinski definition) is 1. The highest BCUT2D eigenvalue weighted by atomic mass is 32.2. The lowest BCUT2D eigenvalue weighted by Gasteiger charge is -2.14. The summed E-state index contributed by atoms with van der Waals surface area (Å²) in [6, 6.07) is 0. The van der Waals surface area contributed by atoms with Crippen LogP contribution in [0.3, 0.4) is 0 Å².